The highest BCUT2D eigenvalue weighted by atomic mass is 19.1. The molecule has 0 heterocycles. The average molecular weight is 239 g/mol. The van der Waals surface area contributed by atoms with Crippen LogP contribution in [0.5, 0.6) is 0 Å². The summed E-state index contributed by atoms with van der Waals surface area (Å²) >= 11 is 0. The molecule has 0 saturated heterocycles. The minimum absolute atomic E-state index is 0.0285. The van der Waals surface area contributed by atoms with Crippen molar-refractivity contribution in [3.8, 4) is 0 Å². The summed E-state index contributed by atoms with van der Waals surface area (Å²) in [5.41, 5.74) is -0.0108. The van der Waals surface area contributed by atoms with Crippen LogP contribution < -0.4 is 4.90 Å². The lowest BCUT2D eigenvalue weighted by Gasteiger charge is -2.31. The van der Waals surface area contributed by atoms with Gasteiger partial charge in [-0.3, -0.25) is 4.79 Å². The maximum absolute atomic E-state index is 13.7. The summed E-state index contributed by atoms with van der Waals surface area (Å²) in [6, 6.07) is 2.14. The smallest absolute Gasteiger partial charge is 0.150 e. The van der Waals surface area contributed by atoms with Crippen LogP contribution in [0.1, 0.15) is 29.6 Å². The number of nitrogens with zero attached hydrogens (tertiary/aromatic N) is 1. The Bertz CT molecular complexity index is 406. The van der Waals surface area contributed by atoms with Crippen LogP contribution in [0, 0.1) is 17.6 Å². The van der Waals surface area contributed by atoms with Crippen molar-refractivity contribution in [2.24, 2.45) is 5.92 Å². The summed E-state index contributed by atoms with van der Waals surface area (Å²) in [5, 5.41) is 0. The van der Waals surface area contributed by atoms with Crippen LogP contribution in [0.2, 0.25) is 0 Å². The maximum atomic E-state index is 13.7. The molecule has 2 nitrogen and oxygen atoms in total. The first-order valence-electron chi connectivity index (χ1n) is 5.77. The van der Waals surface area contributed by atoms with Gasteiger partial charge in [0.1, 0.15) is 23.6 Å². The number of hydrogen-bond donors (Lipinski definition) is 0. The highest BCUT2D eigenvalue weighted by Gasteiger charge is 2.22. The predicted molar refractivity (Wildman–Crippen MR) is 62.4 cm³/mol. The van der Waals surface area contributed by atoms with Gasteiger partial charge in [-0.15, -0.1) is 0 Å². The normalized spacial score (nSPS) is 15.5. The molecule has 0 amide bonds. The molecule has 1 fully saturated rings. The summed E-state index contributed by atoms with van der Waals surface area (Å²) in [6.07, 6.45) is 3.90. The fraction of sp³-hybridized carbons (Fsp3) is 0.462. The fourth-order valence-electron chi connectivity index (χ4n) is 2.17. The Balaban J connectivity index is 2.21. The van der Waals surface area contributed by atoms with Gasteiger partial charge >= 0.3 is 0 Å². The van der Waals surface area contributed by atoms with E-state index in [0.717, 1.165) is 25.0 Å². The first-order chi connectivity index (χ1) is 8.11. The molecule has 0 aliphatic heterocycles. The van der Waals surface area contributed by atoms with Crippen molar-refractivity contribution in [2.75, 3.05) is 18.5 Å². The second kappa shape index (κ2) is 4.82. The Morgan fingerprint density at radius 2 is 1.94 bits per heavy atom. The summed E-state index contributed by atoms with van der Waals surface area (Å²) in [5.74, 6) is -0.813. The Morgan fingerprint density at radius 1 is 1.35 bits per heavy atom. The van der Waals surface area contributed by atoms with Gasteiger partial charge in [-0.2, -0.15) is 0 Å². The number of carbonyl (C=O) groups excluding carboxylic acids is 1. The molecule has 1 saturated carbocycles. The first-order valence-corrected chi connectivity index (χ1v) is 5.77. The van der Waals surface area contributed by atoms with Gasteiger partial charge in [0.05, 0.1) is 0 Å². The van der Waals surface area contributed by atoms with Gasteiger partial charge in [0.15, 0.2) is 0 Å². The molecule has 0 bridgehead atoms. The molecule has 0 radical (unpaired) electrons. The largest absolute Gasteiger partial charge is 0.370 e. The number of aldehydes is 1. The Labute approximate surface area is 99.2 Å². The van der Waals surface area contributed by atoms with Gasteiger partial charge in [0.2, 0.25) is 0 Å². The molecule has 0 spiro atoms. The van der Waals surface area contributed by atoms with Crippen molar-refractivity contribution >= 4 is 12.0 Å². The van der Waals surface area contributed by atoms with E-state index >= 15 is 0 Å². The van der Waals surface area contributed by atoms with Crippen LogP contribution in [-0.4, -0.2) is 19.9 Å². The van der Waals surface area contributed by atoms with Gasteiger partial charge in [0, 0.05) is 19.2 Å². The van der Waals surface area contributed by atoms with E-state index < -0.39 is 11.6 Å². The molecule has 2 rings (SSSR count). The zero-order valence-corrected chi connectivity index (χ0v) is 9.75. The molecule has 92 valence electrons. The molecule has 1 aromatic carbocycles. The summed E-state index contributed by atoms with van der Waals surface area (Å²) in [4.78, 5) is 12.1. The highest BCUT2D eigenvalue weighted by molar-refractivity contribution is 5.76. The lowest BCUT2D eigenvalue weighted by atomic mass is 9.85. The quantitative estimate of drug-likeness (QED) is 0.753. The minimum atomic E-state index is -0.672. The van der Waals surface area contributed by atoms with Crippen LogP contribution >= 0.6 is 0 Å². The third kappa shape index (κ3) is 2.46. The molecule has 0 N–H and O–H groups in total. The zero-order chi connectivity index (χ0) is 12.4. The van der Waals surface area contributed by atoms with Crippen molar-refractivity contribution < 1.29 is 13.6 Å². The number of hydrogen-bond acceptors (Lipinski definition) is 2. The molecule has 0 aromatic heterocycles. The van der Waals surface area contributed by atoms with Crippen molar-refractivity contribution in [1.29, 1.82) is 0 Å². The number of anilines is 1. The van der Waals surface area contributed by atoms with Gasteiger partial charge in [-0.25, -0.2) is 8.78 Å². The van der Waals surface area contributed by atoms with Crippen LogP contribution in [0.25, 0.3) is 0 Å². The molecule has 17 heavy (non-hydrogen) atoms. The lowest BCUT2D eigenvalue weighted by Crippen LogP contribution is -2.30. The van der Waals surface area contributed by atoms with Crippen molar-refractivity contribution in [2.45, 2.75) is 19.3 Å². The van der Waals surface area contributed by atoms with Crippen molar-refractivity contribution in [3.05, 3.63) is 29.3 Å². The van der Waals surface area contributed by atoms with Crippen LogP contribution in [0.15, 0.2) is 12.1 Å². The summed E-state index contributed by atoms with van der Waals surface area (Å²) in [6.45, 7) is 0.661. The third-order valence-electron chi connectivity index (χ3n) is 3.31. The van der Waals surface area contributed by atoms with E-state index in [1.807, 2.05) is 0 Å². The predicted octanol–water partition coefficient (Wildman–Crippen LogP) is 3.01. The van der Waals surface area contributed by atoms with E-state index in [9.17, 15) is 13.6 Å². The number of benzene rings is 1. The summed E-state index contributed by atoms with van der Waals surface area (Å²) in [7, 11) is 1.68. The van der Waals surface area contributed by atoms with E-state index in [1.165, 1.54) is 6.42 Å². The Hall–Kier alpha value is -1.45. The van der Waals surface area contributed by atoms with Gasteiger partial charge in [-0.1, -0.05) is 6.42 Å². The number of halogens is 2. The monoisotopic (exact) mass is 239 g/mol. The Kier molecular flexibility index (Phi) is 3.41. The standard InChI is InChI=1S/C13H15F2NO/c1-16(7-9-3-2-4-9)13-11(14)5-10(8-17)6-12(13)15/h5-6,8-9H,2-4,7H2,1H3. The topological polar surface area (TPSA) is 20.3 Å². The molecule has 0 unspecified atom stereocenters. The molecule has 4 heteroatoms. The van der Waals surface area contributed by atoms with Crippen molar-refractivity contribution in [3.63, 3.8) is 0 Å². The molecule has 0 atom stereocenters. The highest BCUT2D eigenvalue weighted by Crippen LogP contribution is 2.30. The fourth-order valence-corrected chi connectivity index (χ4v) is 2.17. The van der Waals surface area contributed by atoms with Gasteiger partial charge in [-0.05, 0) is 30.9 Å². The molecule has 1 aliphatic carbocycles. The summed E-state index contributed by atoms with van der Waals surface area (Å²) < 4.78 is 27.4. The van der Waals surface area contributed by atoms with E-state index in [2.05, 4.69) is 0 Å². The first kappa shape index (κ1) is 12.0. The molecule has 1 aromatic rings. The van der Waals surface area contributed by atoms with Crippen molar-refractivity contribution in [1.82, 2.24) is 0 Å². The minimum Gasteiger partial charge on any atom is -0.370 e. The van der Waals surface area contributed by atoms with Crippen LogP contribution in [-0.2, 0) is 0 Å². The van der Waals surface area contributed by atoms with Crippen LogP contribution in [0.4, 0.5) is 14.5 Å². The van der Waals surface area contributed by atoms with Gasteiger partial charge in [0.25, 0.3) is 0 Å². The molecular formula is C13H15F2NO. The van der Waals surface area contributed by atoms with E-state index in [0.29, 0.717) is 18.7 Å². The van der Waals surface area contributed by atoms with E-state index in [-0.39, 0.29) is 11.3 Å². The van der Waals surface area contributed by atoms with Gasteiger partial charge < -0.3 is 4.90 Å². The average Bonchev–Trinajstić information content (AvgIpc) is 2.22. The zero-order valence-electron chi connectivity index (χ0n) is 9.75. The molecule has 1 aliphatic rings. The third-order valence-corrected chi connectivity index (χ3v) is 3.31. The van der Waals surface area contributed by atoms with E-state index in [4.69, 9.17) is 0 Å². The number of rotatable bonds is 4. The lowest BCUT2D eigenvalue weighted by molar-refractivity contribution is 0.112. The van der Waals surface area contributed by atoms with Crippen LogP contribution in [0.3, 0.4) is 0 Å². The second-order valence-electron chi connectivity index (χ2n) is 4.63. The maximum Gasteiger partial charge on any atom is 0.150 e. The Morgan fingerprint density at radius 3 is 2.35 bits per heavy atom. The molecular weight excluding hydrogens is 224 g/mol. The SMILES string of the molecule is CN(CC1CCC1)c1c(F)cc(C=O)cc1F. The van der Waals surface area contributed by atoms with E-state index in [1.54, 1.807) is 11.9 Å². The second-order valence-corrected chi connectivity index (χ2v) is 4.63. The number of carbonyl (C=O) groups is 1.